The number of sulfonamides is 1. The lowest BCUT2D eigenvalue weighted by molar-refractivity contribution is 0.405. The van der Waals surface area contributed by atoms with Crippen LogP contribution >= 0.6 is 0 Å². The number of benzene rings is 2. The van der Waals surface area contributed by atoms with Gasteiger partial charge < -0.3 is 9.47 Å². The molecule has 2 rings (SSSR count). The molecule has 5 nitrogen and oxygen atoms in total. The predicted molar refractivity (Wildman–Crippen MR) is 87.1 cm³/mol. The highest BCUT2D eigenvalue weighted by Crippen LogP contribution is 2.29. The van der Waals surface area contributed by atoms with Crippen molar-refractivity contribution in [1.29, 1.82) is 0 Å². The van der Waals surface area contributed by atoms with E-state index in [-0.39, 0.29) is 5.75 Å². The molecule has 0 saturated heterocycles. The third kappa shape index (κ3) is 4.39. The molecule has 0 aliphatic heterocycles. The molecular formula is C16H19NO4S. The van der Waals surface area contributed by atoms with Crippen molar-refractivity contribution in [3.05, 3.63) is 54.1 Å². The van der Waals surface area contributed by atoms with Gasteiger partial charge in [-0.25, -0.2) is 8.42 Å². The van der Waals surface area contributed by atoms with Crippen molar-refractivity contribution in [2.45, 2.75) is 6.42 Å². The topological polar surface area (TPSA) is 64.6 Å². The summed E-state index contributed by atoms with van der Waals surface area (Å²) in [6, 6.07) is 14.5. The molecule has 2 aromatic carbocycles. The zero-order valence-electron chi connectivity index (χ0n) is 12.6. The van der Waals surface area contributed by atoms with Crippen LogP contribution in [0.3, 0.4) is 0 Å². The summed E-state index contributed by atoms with van der Waals surface area (Å²) in [6.07, 6.45) is 0.447. The number of nitrogens with one attached hydrogen (secondary N) is 1. The van der Waals surface area contributed by atoms with Crippen LogP contribution in [0.5, 0.6) is 11.5 Å². The Morgan fingerprint density at radius 1 is 1.00 bits per heavy atom. The Bertz CT molecular complexity index is 714. The first kappa shape index (κ1) is 16.2. The summed E-state index contributed by atoms with van der Waals surface area (Å²) < 4.78 is 37.3. The SMILES string of the molecule is COc1ccc(OC)c(NS(=O)(=O)CCc2ccccc2)c1. The molecule has 2 aromatic rings. The number of hydrogen-bond acceptors (Lipinski definition) is 4. The van der Waals surface area contributed by atoms with E-state index < -0.39 is 10.0 Å². The van der Waals surface area contributed by atoms with Crippen LogP contribution in [0, 0.1) is 0 Å². The smallest absolute Gasteiger partial charge is 0.233 e. The highest BCUT2D eigenvalue weighted by atomic mass is 32.2. The fourth-order valence-electron chi connectivity index (χ4n) is 2.01. The van der Waals surface area contributed by atoms with Crippen molar-refractivity contribution >= 4 is 15.7 Å². The van der Waals surface area contributed by atoms with Gasteiger partial charge in [0.1, 0.15) is 11.5 Å². The maximum atomic E-state index is 12.2. The zero-order chi connectivity index (χ0) is 16.0. The second-order valence-corrected chi connectivity index (χ2v) is 6.56. The Morgan fingerprint density at radius 3 is 2.36 bits per heavy atom. The molecule has 0 saturated carbocycles. The van der Waals surface area contributed by atoms with Crippen LogP contribution in [0.2, 0.25) is 0 Å². The van der Waals surface area contributed by atoms with E-state index in [9.17, 15) is 8.42 Å². The molecule has 22 heavy (non-hydrogen) atoms. The minimum absolute atomic E-state index is 0.00260. The first-order valence-electron chi connectivity index (χ1n) is 6.80. The number of aryl methyl sites for hydroxylation is 1. The van der Waals surface area contributed by atoms with E-state index >= 15 is 0 Å². The lowest BCUT2D eigenvalue weighted by Crippen LogP contribution is -2.18. The second-order valence-electron chi connectivity index (χ2n) is 4.72. The van der Waals surface area contributed by atoms with Gasteiger partial charge in [-0.2, -0.15) is 0 Å². The quantitative estimate of drug-likeness (QED) is 0.851. The Kier molecular flexibility index (Phi) is 5.27. The average molecular weight is 321 g/mol. The standard InChI is InChI=1S/C16H19NO4S/c1-20-14-8-9-16(21-2)15(12-14)17-22(18,19)11-10-13-6-4-3-5-7-13/h3-9,12,17H,10-11H2,1-2H3. The Balaban J connectivity index is 2.11. The van der Waals surface area contributed by atoms with Gasteiger partial charge in [0.2, 0.25) is 10.0 Å². The van der Waals surface area contributed by atoms with Gasteiger partial charge in [-0.15, -0.1) is 0 Å². The van der Waals surface area contributed by atoms with Crippen LogP contribution < -0.4 is 14.2 Å². The fraction of sp³-hybridized carbons (Fsp3) is 0.250. The fourth-order valence-corrected chi connectivity index (χ4v) is 3.11. The van der Waals surface area contributed by atoms with E-state index in [1.165, 1.54) is 14.2 Å². The molecule has 0 aromatic heterocycles. The molecular weight excluding hydrogens is 302 g/mol. The zero-order valence-corrected chi connectivity index (χ0v) is 13.4. The molecule has 0 aliphatic carbocycles. The van der Waals surface area contributed by atoms with Gasteiger partial charge in [-0.1, -0.05) is 30.3 Å². The van der Waals surface area contributed by atoms with E-state index in [1.54, 1.807) is 18.2 Å². The molecule has 0 heterocycles. The van der Waals surface area contributed by atoms with E-state index in [0.717, 1.165) is 5.56 Å². The second kappa shape index (κ2) is 7.17. The van der Waals surface area contributed by atoms with E-state index in [0.29, 0.717) is 23.6 Å². The minimum atomic E-state index is -3.48. The summed E-state index contributed by atoms with van der Waals surface area (Å²) in [6.45, 7) is 0. The van der Waals surface area contributed by atoms with Gasteiger partial charge in [0.05, 0.1) is 25.7 Å². The molecule has 0 amide bonds. The largest absolute Gasteiger partial charge is 0.497 e. The number of ether oxygens (including phenoxy) is 2. The first-order valence-corrected chi connectivity index (χ1v) is 8.46. The molecule has 118 valence electrons. The van der Waals surface area contributed by atoms with E-state index in [2.05, 4.69) is 4.72 Å². The first-order chi connectivity index (χ1) is 10.5. The minimum Gasteiger partial charge on any atom is -0.497 e. The van der Waals surface area contributed by atoms with Crippen LogP contribution in [0.15, 0.2) is 48.5 Å². The van der Waals surface area contributed by atoms with E-state index in [4.69, 9.17) is 9.47 Å². The van der Waals surface area contributed by atoms with Crippen LogP contribution in [-0.4, -0.2) is 28.4 Å². The average Bonchev–Trinajstić information content (AvgIpc) is 2.53. The summed E-state index contributed by atoms with van der Waals surface area (Å²) in [5.41, 5.74) is 1.35. The van der Waals surface area contributed by atoms with Crippen molar-refractivity contribution in [3.63, 3.8) is 0 Å². The third-order valence-electron chi connectivity index (χ3n) is 3.17. The van der Waals surface area contributed by atoms with Crippen molar-refractivity contribution in [2.75, 3.05) is 24.7 Å². The molecule has 0 radical (unpaired) electrons. The Labute approximate surface area is 130 Å². The van der Waals surface area contributed by atoms with E-state index in [1.807, 2.05) is 30.3 Å². The molecule has 0 unspecified atom stereocenters. The molecule has 6 heteroatoms. The normalized spacial score (nSPS) is 11.0. The summed E-state index contributed by atoms with van der Waals surface area (Å²) in [7, 11) is -0.463. The molecule has 0 spiro atoms. The van der Waals surface area contributed by atoms with Crippen LogP contribution in [0.25, 0.3) is 0 Å². The summed E-state index contributed by atoms with van der Waals surface area (Å²) in [5, 5.41) is 0. The van der Waals surface area contributed by atoms with Gasteiger partial charge in [0.25, 0.3) is 0 Å². The Morgan fingerprint density at radius 2 is 1.73 bits per heavy atom. The van der Waals surface area contributed by atoms with Gasteiger partial charge in [-0.3, -0.25) is 4.72 Å². The Hall–Kier alpha value is -2.21. The molecule has 1 N–H and O–H groups in total. The van der Waals surface area contributed by atoms with Crippen LogP contribution in [-0.2, 0) is 16.4 Å². The maximum absolute atomic E-state index is 12.2. The van der Waals surface area contributed by atoms with Crippen molar-refractivity contribution in [1.82, 2.24) is 0 Å². The number of rotatable bonds is 7. The predicted octanol–water partition coefficient (Wildman–Crippen LogP) is 2.69. The molecule has 0 atom stereocenters. The highest BCUT2D eigenvalue weighted by molar-refractivity contribution is 7.92. The monoisotopic (exact) mass is 321 g/mol. The summed E-state index contributed by atoms with van der Waals surface area (Å²) in [5.74, 6) is 1.00. The van der Waals surface area contributed by atoms with Crippen molar-refractivity contribution < 1.29 is 17.9 Å². The van der Waals surface area contributed by atoms with Gasteiger partial charge in [0.15, 0.2) is 0 Å². The number of methoxy groups -OCH3 is 2. The van der Waals surface area contributed by atoms with Crippen LogP contribution in [0.1, 0.15) is 5.56 Å². The highest BCUT2D eigenvalue weighted by Gasteiger charge is 2.14. The number of anilines is 1. The molecule has 0 aliphatic rings. The van der Waals surface area contributed by atoms with Crippen LogP contribution in [0.4, 0.5) is 5.69 Å². The third-order valence-corrected chi connectivity index (χ3v) is 4.45. The lowest BCUT2D eigenvalue weighted by Gasteiger charge is -2.13. The molecule has 0 bridgehead atoms. The van der Waals surface area contributed by atoms with Crippen molar-refractivity contribution in [3.8, 4) is 11.5 Å². The maximum Gasteiger partial charge on any atom is 0.233 e. The van der Waals surface area contributed by atoms with Gasteiger partial charge >= 0.3 is 0 Å². The lowest BCUT2D eigenvalue weighted by atomic mass is 10.2. The van der Waals surface area contributed by atoms with Crippen molar-refractivity contribution in [2.24, 2.45) is 0 Å². The molecule has 0 fully saturated rings. The van der Waals surface area contributed by atoms with Gasteiger partial charge in [-0.05, 0) is 24.1 Å². The summed E-state index contributed by atoms with van der Waals surface area (Å²) in [4.78, 5) is 0. The summed E-state index contributed by atoms with van der Waals surface area (Å²) >= 11 is 0. The number of hydrogen-bond donors (Lipinski definition) is 1. The van der Waals surface area contributed by atoms with Gasteiger partial charge in [0, 0.05) is 6.07 Å².